The van der Waals surface area contributed by atoms with Crippen LogP contribution in [0.4, 0.5) is 0 Å². The van der Waals surface area contributed by atoms with Crippen LogP contribution in [0.1, 0.15) is 13.3 Å². The van der Waals surface area contributed by atoms with Crippen molar-refractivity contribution in [3.63, 3.8) is 0 Å². The molecule has 0 rings (SSSR count). The average Bonchev–Trinajstić information content (AvgIpc) is 1.81. The molecule has 1 nitrogen and oxygen atoms in total. The maximum absolute atomic E-state index is 3.90. The highest BCUT2D eigenvalue weighted by atomic mass is 32.1. The molecule has 0 atom stereocenters. The Balaban J connectivity index is 2.72. The zero-order valence-electron chi connectivity index (χ0n) is 5.22. The van der Waals surface area contributed by atoms with Crippen molar-refractivity contribution >= 4 is 12.6 Å². The molecule has 0 amide bonds. The fourth-order valence-corrected chi connectivity index (χ4v) is 0.520. The molecule has 0 aromatic rings. The second-order valence-electron chi connectivity index (χ2n) is 1.59. The monoisotopic (exact) mass is 131 g/mol. The van der Waals surface area contributed by atoms with Gasteiger partial charge >= 0.3 is 0 Å². The van der Waals surface area contributed by atoms with Gasteiger partial charge in [-0.15, -0.1) is 0 Å². The van der Waals surface area contributed by atoms with Gasteiger partial charge in [0.2, 0.25) is 0 Å². The summed E-state index contributed by atoms with van der Waals surface area (Å²) < 4.78 is 0. The third-order valence-electron chi connectivity index (χ3n) is 0.794. The molecule has 0 aliphatic heterocycles. The van der Waals surface area contributed by atoms with E-state index < -0.39 is 0 Å². The highest BCUT2D eigenvalue weighted by Crippen LogP contribution is 1.74. The van der Waals surface area contributed by atoms with E-state index in [2.05, 4.69) is 24.9 Å². The van der Waals surface area contributed by atoms with Crippen molar-refractivity contribution in [2.75, 3.05) is 13.1 Å². The quantitative estimate of drug-likeness (QED) is 0.434. The number of thiol groups is 1. The van der Waals surface area contributed by atoms with E-state index in [1.807, 2.05) is 6.08 Å². The Kier molecular flexibility index (Phi) is 7.09. The Bertz CT molecular complexity index is 61.5. The van der Waals surface area contributed by atoms with Gasteiger partial charge in [0.25, 0.3) is 0 Å². The van der Waals surface area contributed by atoms with Crippen LogP contribution in [0.5, 0.6) is 0 Å². The molecule has 0 saturated carbocycles. The first-order valence-corrected chi connectivity index (χ1v) is 3.43. The molecule has 0 saturated heterocycles. The van der Waals surface area contributed by atoms with Gasteiger partial charge in [-0.1, -0.05) is 13.0 Å². The van der Waals surface area contributed by atoms with Crippen LogP contribution in [0.15, 0.2) is 11.5 Å². The van der Waals surface area contributed by atoms with Gasteiger partial charge in [0, 0.05) is 6.54 Å². The molecule has 0 radical (unpaired) electrons. The minimum atomic E-state index is 0.942. The number of rotatable bonds is 4. The van der Waals surface area contributed by atoms with Gasteiger partial charge in [-0.2, -0.15) is 12.6 Å². The molecular formula is C6H13NS. The molecule has 0 unspecified atom stereocenters. The van der Waals surface area contributed by atoms with E-state index in [9.17, 15) is 0 Å². The van der Waals surface area contributed by atoms with Crippen molar-refractivity contribution in [1.29, 1.82) is 0 Å². The lowest BCUT2D eigenvalue weighted by Gasteiger charge is -1.93. The third-order valence-corrected chi connectivity index (χ3v) is 1.01. The van der Waals surface area contributed by atoms with E-state index >= 15 is 0 Å². The smallest absolute Gasteiger partial charge is 0.0142 e. The maximum atomic E-state index is 3.90. The van der Waals surface area contributed by atoms with E-state index in [0.717, 1.165) is 13.1 Å². The van der Waals surface area contributed by atoms with E-state index in [-0.39, 0.29) is 0 Å². The normalized spacial score (nSPS) is 10.8. The van der Waals surface area contributed by atoms with E-state index in [1.165, 1.54) is 6.42 Å². The van der Waals surface area contributed by atoms with Crippen molar-refractivity contribution in [3.05, 3.63) is 11.5 Å². The van der Waals surface area contributed by atoms with Gasteiger partial charge in [-0.25, -0.2) is 0 Å². The first kappa shape index (κ1) is 8.05. The van der Waals surface area contributed by atoms with Gasteiger partial charge in [0.15, 0.2) is 0 Å². The highest BCUT2D eigenvalue weighted by molar-refractivity contribution is 7.83. The Morgan fingerprint density at radius 2 is 2.38 bits per heavy atom. The Hall–Kier alpha value is 0.0500. The Morgan fingerprint density at radius 3 is 2.88 bits per heavy atom. The van der Waals surface area contributed by atoms with Crippen LogP contribution in [0.2, 0.25) is 0 Å². The second-order valence-corrected chi connectivity index (χ2v) is 1.89. The number of hydrogen-bond acceptors (Lipinski definition) is 2. The minimum absolute atomic E-state index is 0.942. The molecule has 2 heteroatoms. The fourth-order valence-electron chi connectivity index (χ4n) is 0.415. The van der Waals surface area contributed by atoms with Crippen LogP contribution in [0, 0.1) is 0 Å². The topological polar surface area (TPSA) is 12.0 Å². The number of hydrogen-bond donors (Lipinski definition) is 2. The zero-order chi connectivity index (χ0) is 6.24. The third kappa shape index (κ3) is 6.05. The fraction of sp³-hybridized carbons (Fsp3) is 0.667. The summed E-state index contributed by atoms with van der Waals surface area (Å²) in [7, 11) is 0. The van der Waals surface area contributed by atoms with Crippen LogP contribution < -0.4 is 5.32 Å². The van der Waals surface area contributed by atoms with Crippen molar-refractivity contribution < 1.29 is 0 Å². The minimum Gasteiger partial charge on any atom is -0.313 e. The molecule has 1 N–H and O–H groups in total. The standard InChI is InChI=1S/C6H13NS/c1-2-4-7-5-3-6-8/h3,6-8H,2,4-5H2,1H3/b6-3-. The lowest BCUT2D eigenvalue weighted by molar-refractivity contribution is 0.729. The molecule has 0 bridgehead atoms. The summed E-state index contributed by atoms with van der Waals surface area (Å²) in [6.07, 6.45) is 3.18. The van der Waals surface area contributed by atoms with Crippen molar-refractivity contribution in [2.24, 2.45) is 0 Å². The van der Waals surface area contributed by atoms with Gasteiger partial charge in [-0.3, -0.25) is 0 Å². The summed E-state index contributed by atoms with van der Waals surface area (Å²) in [5.74, 6) is 0. The van der Waals surface area contributed by atoms with E-state index in [4.69, 9.17) is 0 Å². The van der Waals surface area contributed by atoms with Gasteiger partial charge in [0.05, 0.1) is 0 Å². The molecule has 0 aromatic carbocycles. The van der Waals surface area contributed by atoms with E-state index in [0.29, 0.717) is 0 Å². The predicted molar refractivity (Wildman–Crippen MR) is 41.3 cm³/mol. The van der Waals surface area contributed by atoms with Crippen molar-refractivity contribution in [3.8, 4) is 0 Å². The highest BCUT2D eigenvalue weighted by Gasteiger charge is 1.75. The second kappa shape index (κ2) is 7.05. The van der Waals surface area contributed by atoms with Crippen LogP contribution >= 0.6 is 12.6 Å². The molecule has 48 valence electrons. The average molecular weight is 131 g/mol. The zero-order valence-corrected chi connectivity index (χ0v) is 6.12. The predicted octanol–water partition coefficient (Wildman–Crippen LogP) is 1.43. The van der Waals surface area contributed by atoms with Crippen molar-refractivity contribution in [2.45, 2.75) is 13.3 Å². The molecule has 8 heavy (non-hydrogen) atoms. The molecule has 0 aliphatic carbocycles. The summed E-state index contributed by atoms with van der Waals surface area (Å²) >= 11 is 3.90. The van der Waals surface area contributed by atoms with Gasteiger partial charge in [0.1, 0.15) is 0 Å². The van der Waals surface area contributed by atoms with E-state index in [1.54, 1.807) is 5.41 Å². The summed E-state index contributed by atoms with van der Waals surface area (Å²) in [6.45, 7) is 4.19. The van der Waals surface area contributed by atoms with Crippen LogP contribution in [-0.4, -0.2) is 13.1 Å². The van der Waals surface area contributed by atoms with Crippen LogP contribution in [0.3, 0.4) is 0 Å². The van der Waals surface area contributed by atoms with Crippen molar-refractivity contribution in [1.82, 2.24) is 5.32 Å². The van der Waals surface area contributed by atoms with Gasteiger partial charge in [-0.05, 0) is 18.4 Å². The largest absolute Gasteiger partial charge is 0.313 e. The number of nitrogens with one attached hydrogen (secondary N) is 1. The lowest BCUT2D eigenvalue weighted by Crippen LogP contribution is -2.13. The lowest BCUT2D eigenvalue weighted by atomic mass is 10.5. The summed E-state index contributed by atoms with van der Waals surface area (Å²) in [6, 6.07) is 0. The SMILES string of the molecule is CCCNC/C=C\S. The maximum Gasteiger partial charge on any atom is 0.0142 e. The molecule has 0 aromatic heterocycles. The molecule has 0 fully saturated rings. The summed E-state index contributed by atoms with van der Waals surface area (Å²) in [4.78, 5) is 0. The first-order chi connectivity index (χ1) is 3.91. The molecule has 0 heterocycles. The molecule has 0 aliphatic rings. The molecular weight excluding hydrogens is 118 g/mol. The van der Waals surface area contributed by atoms with Crippen LogP contribution in [0.25, 0.3) is 0 Å². The first-order valence-electron chi connectivity index (χ1n) is 2.91. The Morgan fingerprint density at radius 1 is 1.62 bits per heavy atom. The Labute approximate surface area is 56.6 Å². The van der Waals surface area contributed by atoms with Gasteiger partial charge < -0.3 is 5.32 Å². The molecule has 0 spiro atoms. The summed E-state index contributed by atoms with van der Waals surface area (Å²) in [5.41, 5.74) is 0. The van der Waals surface area contributed by atoms with Crippen LogP contribution in [-0.2, 0) is 0 Å². The summed E-state index contributed by atoms with van der Waals surface area (Å²) in [5, 5.41) is 4.95.